The topological polar surface area (TPSA) is 95.9 Å². The summed E-state index contributed by atoms with van der Waals surface area (Å²) < 4.78 is 29.8. The van der Waals surface area contributed by atoms with Crippen LogP contribution in [0.3, 0.4) is 0 Å². The molecule has 0 aliphatic carbocycles. The quantitative estimate of drug-likeness (QED) is 0.715. The van der Waals surface area contributed by atoms with E-state index >= 15 is 0 Å². The maximum Gasteiger partial charge on any atom is 0.224 e. The van der Waals surface area contributed by atoms with Gasteiger partial charge in [-0.3, -0.25) is 4.79 Å². The number of hydrogen-bond donors (Lipinski definition) is 2. The van der Waals surface area contributed by atoms with Crippen LogP contribution in [0.5, 0.6) is 0 Å². The molecular weight excluding hydrogens is 296 g/mol. The molecule has 122 valence electrons. The summed E-state index contributed by atoms with van der Waals surface area (Å²) >= 11 is 0. The number of aliphatic hydroxyl groups excluding tert-OH is 1. The zero-order valence-electron chi connectivity index (χ0n) is 12.4. The van der Waals surface area contributed by atoms with Gasteiger partial charge in [-0.2, -0.15) is 0 Å². The lowest BCUT2D eigenvalue weighted by molar-refractivity contribution is -0.130. The molecule has 2 fully saturated rings. The number of aliphatic hydroxyl groups is 1. The highest BCUT2D eigenvalue weighted by Crippen LogP contribution is 2.23. The zero-order valence-corrected chi connectivity index (χ0v) is 13.2. The molecule has 2 rings (SSSR count). The second-order valence-corrected chi connectivity index (χ2v) is 7.98. The fraction of sp³-hybridized carbons (Fsp3) is 0.923. The first kappa shape index (κ1) is 16.7. The van der Waals surface area contributed by atoms with E-state index in [-0.39, 0.29) is 25.0 Å². The van der Waals surface area contributed by atoms with E-state index in [1.807, 2.05) is 0 Å². The summed E-state index contributed by atoms with van der Waals surface area (Å²) in [5.74, 6) is -0.515. The number of ether oxygens (including phenoxy) is 1. The molecule has 2 N–H and O–H groups in total. The monoisotopic (exact) mass is 320 g/mol. The van der Waals surface area contributed by atoms with Gasteiger partial charge in [0.1, 0.15) is 0 Å². The Morgan fingerprint density at radius 1 is 1.43 bits per heavy atom. The molecule has 0 saturated carbocycles. The minimum absolute atomic E-state index is 0.120. The lowest BCUT2D eigenvalue weighted by Crippen LogP contribution is -2.57. The molecule has 2 saturated heterocycles. The van der Waals surface area contributed by atoms with E-state index in [0.29, 0.717) is 45.4 Å². The van der Waals surface area contributed by atoms with Crippen LogP contribution in [-0.4, -0.2) is 68.4 Å². The third-order valence-corrected chi connectivity index (χ3v) is 5.63. The van der Waals surface area contributed by atoms with Gasteiger partial charge in [0.05, 0.1) is 24.3 Å². The van der Waals surface area contributed by atoms with Gasteiger partial charge in [0.25, 0.3) is 0 Å². The number of nitrogens with zero attached hydrogens (tertiary/aromatic N) is 1. The molecule has 0 radical (unpaired) electrons. The van der Waals surface area contributed by atoms with Crippen LogP contribution >= 0.6 is 0 Å². The Bertz CT molecular complexity index is 473. The lowest BCUT2D eigenvalue weighted by Gasteiger charge is -2.38. The van der Waals surface area contributed by atoms with Crippen molar-refractivity contribution in [2.75, 3.05) is 39.2 Å². The third-order valence-electron chi connectivity index (χ3n) is 4.36. The number of amides is 1. The molecule has 0 aromatic heterocycles. The van der Waals surface area contributed by atoms with Gasteiger partial charge in [-0.25, -0.2) is 12.7 Å². The van der Waals surface area contributed by atoms with E-state index in [0.717, 1.165) is 0 Å². The summed E-state index contributed by atoms with van der Waals surface area (Å²) in [5, 5.41) is 12.5. The molecule has 0 bridgehead atoms. The van der Waals surface area contributed by atoms with E-state index in [1.165, 1.54) is 10.6 Å². The predicted molar refractivity (Wildman–Crippen MR) is 77.2 cm³/mol. The molecular formula is C13H24N2O5S. The Morgan fingerprint density at radius 3 is 2.67 bits per heavy atom. The largest absolute Gasteiger partial charge is 0.394 e. The summed E-state index contributed by atoms with van der Waals surface area (Å²) in [5.41, 5.74) is -0.622. The first-order valence-electron chi connectivity index (χ1n) is 7.32. The van der Waals surface area contributed by atoms with Crippen LogP contribution in [0.15, 0.2) is 0 Å². The van der Waals surface area contributed by atoms with Gasteiger partial charge in [-0.1, -0.05) is 0 Å². The summed E-state index contributed by atoms with van der Waals surface area (Å²) in [4.78, 5) is 12.4. The second kappa shape index (κ2) is 6.60. The molecule has 8 heteroatoms. The van der Waals surface area contributed by atoms with Gasteiger partial charge in [0, 0.05) is 26.3 Å². The lowest BCUT2D eigenvalue weighted by atomic mass is 9.89. The van der Waals surface area contributed by atoms with Gasteiger partial charge < -0.3 is 15.2 Å². The van der Waals surface area contributed by atoms with Crippen molar-refractivity contribution in [3.05, 3.63) is 0 Å². The van der Waals surface area contributed by atoms with Crippen LogP contribution in [0.25, 0.3) is 0 Å². The molecule has 1 atom stereocenters. The Hall–Kier alpha value is -0.700. The van der Waals surface area contributed by atoms with Crippen LogP contribution < -0.4 is 5.32 Å². The Kier molecular flexibility index (Phi) is 5.24. The standard InChI is InChI=1S/C13H24N2O5S/c1-21(18,19)15-6-2-3-11(9-15)12(17)14-13(10-16)4-7-20-8-5-13/h11,16H,2-10H2,1H3,(H,14,17). The molecule has 0 aromatic carbocycles. The van der Waals surface area contributed by atoms with Gasteiger partial charge >= 0.3 is 0 Å². The van der Waals surface area contributed by atoms with Crippen molar-refractivity contribution in [3.8, 4) is 0 Å². The summed E-state index contributed by atoms with van der Waals surface area (Å²) in [6, 6.07) is 0. The highest BCUT2D eigenvalue weighted by atomic mass is 32.2. The number of hydrogen-bond acceptors (Lipinski definition) is 5. The highest BCUT2D eigenvalue weighted by Gasteiger charge is 2.37. The number of rotatable bonds is 4. The van der Waals surface area contributed by atoms with Crippen molar-refractivity contribution in [3.63, 3.8) is 0 Å². The van der Waals surface area contributed by atoms with Crippen molar-refractivity contribution >= 4 is 15.9 Å². The maximum absolute atomic E-state index is 12.4. The molecule has 2 aliphatic rings. The van der Waals surface area contributed by atoms with Crippen LogP contribution in [0.4, 0.5) is 0 Å². The normalized spacial score (nSPS) is 27.2. The van der Waals surface area contributed by atoms with Crippen molar-refractivity contribution in [2.24, 2.45) is 5.92 Å². The first-order chi connectivity index (χ1) is 9.86. The minimum atomic E-state index is -3.26. The molecule has 7 nitrogen and oxygen atoms in total. The molecule has 21 heavy (non-hydrogen) atoms. The summed E-state index contributed by atoms with van der Waals surface area (Å²) in [6.45, 7) is 1.61. The third kappa shape index (κ3) is 4.15. The van der Waals surface area contributed by atoms with Gasteiger partial charge in [-0.15, -0.1) is 0 Å². The Morgan fingerprint density at radius 2 is 2.10 bits per heavy atom. The second-order valence-electron chi connectivity index (χ2n) is 6.00. The van der Waals surface area contributed by atoms with Gasteiger partial charge in [-0.05, 0) is 25.7 Å². The van der Waals surface area contributed by atoms with Crippen molar-refractivity contribution in [2.45, 2.75) is 31.2 Å². The first-order valence-corrected chi connectivity index (χ1v) is 9.17. The highest BCUT2D eigenvalue weighted by molar-refractivity contribution is 7.88. The summed E-state index contributed by atoms with van der Waals surface area (Å²) in [7, 11) is -3.26. The molecule has 0 spiro atoms. The summed E-state index contributed by atoms with van der Waals surface area (Å²) in [6.07, 6.45) is 3.69. The average Bonchev–Trinajstić information content (AvgIpc) is 2.47. The molecule has 2 aliphatic heterocycles. The number of nitrogens with one attached hydrogen (secondary N) is 1. The zero-order chi connectivity index (χ0) is 15.5. The predicted octanol–water partition coefficient (Wildman–Crippen LogP) is -0.684. The van der Waals surface area contributed by atoms with Crippen LogP contribution in [-0.2, 0) is 19.6 Å². The average molecular weight is 320 g/mol. The number of carbonyl (C=O) groups is 1. The van der Waals surface area contributed by atoms with E-state index in [1.54, 1.807) is 0 Å². The van der Waals surface area contributed by atoms with E-state index in [4.69, 9.17) is 4.74 Å². The SMILES string of the molecule is CS(=O)(=O)N1CCCC(C(=O)NC2(CO)CCOCC2)C1. The minimum Gasteiger partial charge on any atom is -0.394 e. The molecule has 2 heterocycles. The molecule has 0 aromatic rings. The smallest absolute Gasteiger partial charge is 0.224 e. The van der Waals surface area contributed by atoms with E-state index in [9.17, 15) is 18.3 Å². The number of piperidine rings is 1. The Labute approximate surface area is 125 Å². The van der Waals surface area contributed by atoms with Crippen molar-refractivity contribution < 1.29 is 23.1 Å². The number of carbonyl (C=O) groups excluding carboxylic acids is 1. The van der Waals surface area contributed by atoms with Crippen molar-refractivity contribution in [1.29, 1.82) is 0 Å². The maximum atomic E-state index is 12.4. The van der Waals surface area contributed by atoms with E-state index in [2.05, 4.69) is 5.32 Å². The van der Waals surface area contributed by atoms with Gasteiger partial charge in [0.15, 0.2) is 0 Å². The van der Waals surface area contributed by atoms with Gasteiger partial charge in [0.2, 0.25) is 15.9 Å². The van der Waals surface area contributed by atoms with Crippen LogP contribution in [0.1, 0.15) is 25.7 Å². The number of sulfonamides is 1. The molecule has 1 unspecified atom stereocenters. The van der Waals surface area contributed by atoms with Crippen molar-refractivity contribution in [1.82, 2.24) is 9.62 Å². The Balaban J connectivity index is 1.99. The fourth-order valence-corrected chi connectivity index (χ4v) is 3.82. The molecule has 1 amide bonds. The van der Waals surface area contributed by atoms with Crippen LogP contribution in [0.2, 0.25) is 0 Å². The fourth-order valence-electron chi connectivity index (χ4n) is 2.91. The van der Waals surface area contributed by atoms with E-state index < -0.39 is 15.6 Å². The van der Waals surface area contributed by atoms with Crippen LogP contribution in [0, 0.1) is 5.92 Å².